The molecule has 14 heavy (non-hydrogen) atoms. The van der Waals surface area contributed by atoms with Crippen LogP contribution in [0.4, 0.5) is 0 Å². The number of nitrogens with one attached hydrogen (secondary N) is 2. The van der Waals surface area contributed by atoms with Crippen LogP contribution in [0.25, 0.3) is 0 Å². The van der Waals surface area contributed by atoms with Crippen molar-refractivity contribution in [3.63, 3.8) is 0 Å². The first-order chi connectivity index (χ1) is 6.83. The van der Waals surface area contributed by atoms with E-state index in [-0.39, 0.29) is 0 Å². The van der Waals surface area contributed by atoms with Crippen molar-refractivity contribution < 1.29 is 0 Å². The molecule has 0 bridgehead atoms. The molecule has 0 fully saturated rings. The summed E-state index contributed by atoms with van der Waals surface area (Å²) in [5.74, 6) is 0. The van der Waals surface area contributed by atoms with Crippen molar-refractivity contribution >= 4 is 15.9 Å². The maximum atomic E-state index is 3.47. The van der Waals surface area contributed by atoms with Gasteiger partial charge in [-0.05, 0) is 37.7 Å². The molecule has 0 unspecified atom stereocenters. The van der Waals surface area contributed by atoms with Gasteiger partial charge in [0.25, 0.3) is 0 Å². The van der Waals surface area contributed by atoms with E-state index in [4.69, 9.17) is 0 Å². The van der Waals surface area contributed by atoms with Crippen molar-refractivity contribution in [3.05, 3.63) is 34.3 Å². The summed E-state index contributed by atoms with van der Waals surface area (Å²) in [7, 11) is 1.97. The zero-order valence-corrected chi connectivity index (χ0v) is 10.1. The Balaban J connectivity index is 2.18. The van der Waals surface area contributed by atoms with E-state index in [2.05, 4.69) is 50.8 Å². The topological polar surface area (TPSA) is 24.1 Å². The molecule has 0 amide bonds. The van der Waals surface area contributed by atoms with Crippen molar-refractivity contribution in [2.24, 2.45) is 0 Å². The maximum Gasteiger partial charge on any atom is 0.0178 e. The van der Waals surface area contributed by atoms with E-state index in [0.29, 0.717) is 0 Å². The molecule has 1 aromatic carbocycles. The second-order valence-corrected chi connectivity index (χ2v) is 4.15. The van der Waals surface area contributed by atoms with Gasteiger partial charge < -0.3 is 10.6 Å². The molecule has 3 heteroatoms. The van der Waals surface area contributed by atoms with Gasteiger partial charge in [-0.2, -0.15) is 0 Å². The highest BCUT2D eigenvalue weighted by Gasteiger charge is 1.93. The highest BCUT2D eigenvalue weighted by Crippen LogP contribution is 2.11. The van der Waals surface area contributed by atoms with E-state index in [1.165, 1.54) is 5.56 Å². The number of benzene rings is 1. The first kappa shape index (κ1) is 11.7. The van der Waals surface area contributed by atoms with Crippen LogP contribution in [0.15, 0.2) is 28.7 Å². The summed E-state index contributed by atoms with van der Waals surface area (Å²) in [5.41, 5.74) is 1.37. The van der Waals surface area contributed by atoms with Crippen molar-refractivity contribution in [2.75, 3.05) is 26.7 Å². The quantitative estimate of drug-likeness (QED) is 0.759. The Morgan fingerprint density at radius 1 is 1.21 bits per heavy atom. The number of hydrogen-bond acceptors (Lipinski definition) is 2. The fourth-order valence-electron chi connectivity index (χ4n) is 1.26. The van der Waals surface area contributed by atoms with E-state index < -0.39 is 0 Å². The molecular formula is C11H17BrN2. The molecule has 0 atom stereocenters. The third-order valence-corrected chi connectivity index (χ3v) is 2.52. The number of halogens is 1. The average molecular weight is 257 g/mol. The molecule has 0 saturated heterocycles. The first-order valence-electron chi connectivity index (χ1n) is 4.92. The van der Waals surface area contributed by atoms with Crippen LogP contribution >= 0.6 is 15.9 Å². The van der Waals surface area contributed by atoms with Crippen molar-refractivity contribution in [3.8, 4) is 0 Å². The van der Waals surface area contributed by atoms with Gasteiger partial charge in [0.1, 0.15) is 0 Å². The molecule has 0 radical (unpaired) electrons. The SMILES string of the molecule is CNCCNCCc1cccc(Br)c1. The third kappa shape index (κ3) is 4.74. The van der Waals surface area contributed by atoms with E-state index in [9.17, 15) is 0 Å². The molecule has 0 aliphatic carbocycles. The Morgan fingerprint density at radius 3 is 2.79 bits per heavy atom. The lowest BCUT2D eigenvalue weighted by molar-refractivity contribution is 0.649. The second-order valence-electron chi connectivity index (χ2n) is 3.23. The minimum atomic E-state index is 1.03. The molecule has 1 rings (SSSR count). The van der Waals surface area contributed by atoms with Gasteiger partial charge in [0.2, 0.25) is 0 Å². The summed E-state index contributed by atoms with van der Waals surface area (Å²) in [5, 5.41) is 6.48. The van der Waals surface area contributed by atoms with Gasteiger partial charge in [0.15, 0.2) is 0 Å². The van der Waals surface area contributed by atoms with Gasteiger partial charge >= 0.3 is 0 Å². The third-order valence-electron chi connectivity index (χ3n) is 2.03. The van der Waals surface area contributed by atoms with Crippen LogP contribution in [-0.4, -0.2) is 26.7 Å². The number of rotatable bonds is 6. The first-order valence-corrected chi connectivity index (χ1v) is 5.72. The smallest absolute Gasteiger partial charge is 0.0178 e. The lowest BCUT2D eigenvalue weighted by atomic mass is 10.1. The van der Waals surface area contributed by atoms with Crippen LogP contribution in [-0.2, 0) is 6.42 Å². The molecule has 0 saturated carbocycles. The van der Waals surface area contributed by atoms with Gasteiger partial charge in [-0.3, -0.25) is 0 Å². The van der Waals surface area contributed by atoms with Crippen LogP contribution in [0.5, 0.6) is 0 Å². The van der Waals surface area contributed by atoms with Crippen molar-refractivity contribution in [1.29, 1.82) is 0 Å². The van der Waals surface area contributed by atoms with Gasteiger partial charge in [-0.1, -0.05) is 28.1 Å². The minimum absolute atomic E-state index is 1.03. The summed E-state index contributed by atoms with van der Waals surface area (Å²) >= 11 is 3.47. The molecule has 78 valence electrons. The number of likely N-dealkylation sites (N-methyl/N-ethyl adjacent to an activating group) is 1. The lowest BCUT2D eigenvalue weighted by Crippen LogP contribution is -2.26. The van der Waals surface area contributed by atoms with E-state index >= 15 is 0 Å². The minimum Gasteiger partial charge on any atom is -0.318 e. The van der Waals surface area contributed by atoms with Crippen molar-refractivity contribution in [1.82, 2.24) is 10.6 Å². The van der Waals surface area contributed by atoms with E-state index in [0.717, 1.165) is 30.5 Å². The van der Waals surface area contributed by atoms with Crippen LogP contribution in [0, 0.1) is 0 Å². The summed E-state index contributed by atoms with van der Waals surface area (Å²) < 4.78 is 1.16. The molecule has 0 aliphatic rings. The highest BCUT2D eigenvalue weighted by molar-refractivity contribution is 9.10. The maximum absolute atomic E-state index is 3.47. The monoisotopic (exact) mass is 256 g/mol. The Hall–Kier alpha value is -0.380. The molecule has 0 aliphatic heterocycles. The Labute approximate surface area is 94.2 Å². The highest BCUT2D eigenvalue weighted by atomic mass is 79.9. The zero-order valence-electron chi connectivity index (χ0n) is 8.52. The van der Waals surface area contributed by atoms with Gasteiger partial charge in [0.05, 0.1) is 0 Å². The van der Waals surface area contributed by atoms with Crippen LogP contribution in [0.1, 0.15) is 5.56 Å². The molecule has 2 nitrogen and oxygen atoms in total. The molecule has 1 aromatic rings. The van der Waals surface area contributed by atoms with Crippen molar-refractivity contribution in [2.45, 2.75) is 6.42 Å². The van der Waals surface area contributed by atoms with E-state index in [1.807, 2.05) is 7.05 Å². The standard InChI is InChI=1S/C11H17BrN2/c1-13-7-8-14-6-5-10-3-2-4-11(12)9-10/h2-4,9,13-14H,5-8H2,1H3. The molecule has 0 heterocycles. The Kier molecular flexibility index (Phi) is 5.83. The zero-order chi connectivity index (χ0) is 10.2. The van der Waals surface area contributed by atoms with E-state index in [1.54, 1.807) is 0 Å². The summed E-state index contributed by atoms with van der Waals surface area (Å²) in [6.45, 7) is 3.10. The normalized spacial score (nSPS) is 10.4. The molecule has 2 N–H and O–H groups in total. The van der Waals surface area contributed by atoms with Crippen LogP contribution in [0.3, 0.4) is 0 Å². The predicted octanol–water partition coefficient (Wildman–Crippen LogP) is 1.80. The predicted molar refractivity (Wildman–Crippen MR) is 64.6 cm³/mol. The van der Waals surface area contributed by atoms with Gasteiger partial charge in [-0.15, -0.1) is 0 Å². The summed E-state index contributed by atoms with van der Waals surface area (Å²) in [6, 6.07) is 8.45. The van der Waals surface area contributed by atoms with Crippen LogP contribution < -0.4 is 10.6 Å². The average Bonchev–Trinajstić information content (AvgIpc) is 2.18. The summed E-state index contributed by atoms with van der Waals surface area (Å²) in [4.78, 5) is 0. The van der Waals surface area contributed by atoms with Gasteiger partial charge in [0, 0.05) is 17.6 Å². The second kappa shape index (κ2) is 6.98. The Morgan fingerprint density at radius 2 is 2.07 bits per heavy atom. The largest absolute Gasteiger partial charge is 0.318 e. The fraction of sp³-hybridized carbons (Fsp3) is 0.455. The number of hydrogen-bond donors (Lipinski definition) is 2. The molecule has 0 aromatic heterocycles. The molecule has 0 spiro atoms. The lowest BCUT2D eigenvalue weighted by Gasteiger charge is -2.04. The summed E-state index contributed by atoms with van der Waals surface area (Å²) in [6.07, 6.45) is 1.09. The molecular weight excluding hydrogens is 240 g/mol. The van der Waals surface area contributed by atoms with Gasteiger partial charge in [-0.25, -0.2) is 0 Å². The Bertz CT molecular complexity index is 263. The van der Waals surface area contributed by atoms with Crippen LogP contribution in [0.2, 0.25) is 0 Å². The fourth-order valence-corrected chi connectivity index (χ4v) is 1.71.